The van der Waals surface area contributed by atoms with E-state index in [1.54, 1.807) is 30.5 Å². The molecule has 0 saturated heterocycles. The van der Waals surface area contributed by atoms with Crippen molar-refractivity contribution >= 4 is 24.4 Å². The van der Waals surface area contributed by atoms with E-state index >= 15 is 0 Å². The lowest BCUT2D eigenvalue weighted by molar-refractivity contribution is 1.30. The summed E-state index contributed by atoms with van der Waals surface area (Å²) in [5.41, 5.74) is 2.07. The van der Waals surface area contributed by atoms with Crippen molar-refractivity contribution < 1.29 is 0 Å². The van der Waals surface area contributed by atoms with Crippen molar-refractivity contribution in [3.8, 4) is 6.07 Å². The molecule has 0 saturated carbocycles. The van der Waals surface area contributed by atoms with Crippen LogP contribution in [-0.2, 0) is 0 Å². The maximum absolute atomic E-state index is 8.66. The van der Waals surface area contributed by atoms with Crippen molar-refractivity contribution in [2.75, 3.05) is 0 Å². The van der Waals surface area contributed by atoms with E-state index in [0.717, 1.165) is 5.69 Å². The number of rotatable bonds is 3. The molecule has 0 fully saturated rings. The van der Waals surface area contributed by atoms with Crippen LogP contribution in [0.2, 0.25) is 0 Å². The average molecular weight is 223 g/mol. The average Bonchev–Trinajstić information content (AvgIpc) is 2.84. The van der Waals surface area contributed by atoms with Gasteiger partial charge in [0.25, 0.3) is 0 Å². The molecule has 0 radical (unpaired) electrons. The second kappa shape index (κ2) is 4.86. The zero-order valence-electron chi connectivity index (χ0n) is 8.96. The maximum Gasteiger partial charge on any atom is 0.178 e. The summed E-state index contributed by atoms with van der Waals surface area (Å²) >= 11 is 0. The summed E-state index contributed by atoms with van der Waals surface area (Å²) in [7, 11) is 0. The largest absolute Gasteiger partial charge is 0.342 e. The van der Waals surface area contributed by atoms with Gasteiger partial charge >= 0.3 is 0 Å². The van der Waals surface area contributed by atoms with Gasteiger partial charge in [-0.15, -0.1) is 0 Å². The molecule has 1 N–H and O–H groups in total. The lowest BCUT2D eigenvalue weighted by Crippen LogP contribution is -1.80. The zero-order chi connectivity index (χ0) is 12.1. The number of nitrogens with zero attached hydrogens (tertiary/aromatic N) is 4. The van der Waals surface area contributed by atoms with Gasteiger partial charge in [0.15, 0.2) is 5.82 Å². The molecule has 17 heavy (non-hydrogen) atoms. The third kappa shape index (κ3) is 2.44. The van der Waals surface area contributed by atoms with Crippen molar-refractivity contribution in [3.63, 3.8) is 0 Å². The molecule has 0 aliphatic heterocycles. The number of nitriles is 1. The molecule has 0 bridgehead atoms. The van der Waals surface area contributed by atoms with Crippen LogP contribution in [0.5, 0.6) is 0 Å². The van der Waals surface area contributed by atoms with Crippen molar-refractivity contribution in [2.24, 2.45) is 9.98 Å². The Hall–Kier alpha value is -2.74. The number of benzene rings is 1. The van der Waals surface area contributed by atoms with Gasteiger partial charge < -0.3 is 4.98 Å². The molecule has 1 heterocycles. The van der Waals surface area contributed by atoms with Crippen LogP contribution in [0.25, 0.3) is 0 Å². The van der Waals surface area contributed by atoms with E-state index in [-0.39, 0.29) is 0 Å². The first-order valence-electron chi connectivity index (χ1n) is 4.88. The summed E-state index contributed by atoms with van der Waals surface area (Å²) in [5.74, 6) is 0.516. The molecular formula is C12H9N5. The molecule has 2 rings (SSSR count). The summed E-state index contributed by atoms with van der Waals surface area (Å²) in [4.78, 5) is 14.8. The van der Waals surface area contributed by atoms with Crippen molar-refractivity contribution in [1.29, 1.82) is 5.26 Å². The molecule has 5 heteroatoms. The fraction of sp³-hybridized carbons (Fsp3) is 0. The highest BCUT2D eigenvalue weighted by molar-refractivity contribution is 5.85. The van der Waals surface area contributed by atoms with E-state index in [1.165, 1.54) is 6.33 Å². The molecule has 0 aliphatic rings. The standard InChI is InChI=1S/C12H9N5/c1-14-12-11(16-8-17-12)7-15-10-4-2-9(6-13)3-5-10/h2-5,7-8H,1H2,(H,16,17). The Labute approximate surface area is 98.2 Å². The number of aromatic nitrogens is 2. The topological polar surface area (TPSA) is 77.2 Å². The number of aliphatic imine (C=N–C) groups is 2. The highest BCUT2D eigenvalue weighted by Crippen LogP contribution is 2.14. The second-order valence-corrected chi connectivity index (χ2v) is 3.21. The van der Waals surface area contributed by atoms with Gasteiger partial charge in [-0.3, -0.25) is 4.99 Å². The number of hydrogen-bond donors (Lipinski definition) is 1. The van der Waals surface area contributed by atoms with Crippen molar-refractivity contribution in [2.45, 2.75) is 0 Å². The zero-order valence-corrected chi connectivity index (χ0v) is 8.96. The van der Waals surface area contributed by atoms with Gasteiger partial charge in [0, 0.05) is 0 Å². The van der Waals surface area contributed by atoms with Crippen LogP contribution >= 0.6 is 0 Å². The van der Waals surface area contributed by atoms with Crippen LogP contribution in [0.15, 0.2) is 40.6 Å². The summed E-state index contributed by atoms with van der Waals surface area (Å²) in [6, 6.07) is 9.02. The molecule has 0 aliphatic carbocycles. The van der Waals surface area contributed by atoms with Crippen LogP contribution in [0.1, 0.15) is 11.3 Å². The van der Waals surface area contributed by atoms with Gasteiger partial charge in [0.1, 0.15) is 5.69 Å². The predicted octanol–water partition coefficient (Wildman–Crippen LogP) is 2.36. The summed E-state index contributed by atoms with van der Waals surface area (Å²) < 4.78 is 0. The highest BCUT2D eigenvalue weighted by Gasteiger charge is 1.99. The molecule has 5 nitrogen and oxygen atoms in total. The van der Waals surface area contributed by atoms with E-state index in [1.807, 2.05) is 0 Å². The SMILES string of the molecule is C=Nc1nc[nH]c1C=Nc1ccc(C#N)cc1. The van der Waals surface area contributed by atoms with Crippen LogP contribution in [0.4, 0.5) is 11.5 Å². The summed E-state index contributed by atoms with van der Waals surface area (Å²) in [6.07, 6.45) is 3.16. The number of imidazole rings is 1. The summed E-state index contributed by atoms with van der Waals surface area (Å²) in [5, 5.41) is 8.66. The molecule has 1 aromatic carbocycles. The Morgan fingerprint density at radius 3 is 2.76 bits per heavy atom. The highest BCUT2D eigenvalue weighted by atomic mass is 15.0. The van der Waals surface area contributed by atoms with E-state index < -0.39 is 0 Å². The minimum Gasteiger partial charge on any atom is -0.342 e. The molecule has 2 aromatic rings. The Morgan fingerprint density at radius 2 is 2.12 bits per heavy atom. The minimum atomic E-state index is 0.516. The monoisotopic (exact) mass is 223 g/mol. The summed E-state index contributed by atoms with van der Waals surface area (Å²) in [6.45, 7) is 3.41. The molecule has 0 amide bonds. The van der Waals surface area contributed by atoms with E-state index in [4.69, 9.17) is 5.26 Å². The van der Waals surface area contributed by atoms with Gasteiger partial charge in [-0.2, -0.15) is 5.26 Å². The number of nitrogens with one attached hydrogen (secondary N) is 1. The van der Waals surface area contributed by atoms with Gasteiger partial charge in [0.2, 0.25) is 0 Å². The second-order valence-electron chi connectivity index (χ2n) is 3.21. The van der Waals surface area contributed by atoms with Crippen LogP contribution in [0.3, 0.4) is 0 Å². The normalized spacial score (nSPS) is 10.3. The third-order valence-electron chi connectivity index (χ3n) is 2.14. The first kappa shape index (κ1) is 10.8. The fourth-order valence-corrected chi connectivity index (χ4v) is 1.28. The van der Waals surface area contributed by atoms with Crippen molar-refractivity contribution in [3.05, 3.63) is 41.9 Å². The Bertz CT molecular complexity index is 586. The van der Waals surface area contributed by atoms with Crippen LogP contribution in [0, 0.1) is 11.3 Å². The number of hydrogen-bond acceptors (Lipinski definition) is 4. The minimum absolute atomic E-state index is 0.516. The lowest BCUT2D eigenvalue weighted by Gasteiger charge is -1.93. The molecular weight excluding hydrogens is 214 g/mol. The number of H-pyrrole nitrogens is 1. The van der Waals surface area contributed by atoms with Gasteiger partial charge in [0.05, 0.1) is 29.9 Å². The first-order valence-corrected chi connectivity index (χ1v) is 4.88. The first-order chi connectivity index (χ1) is 8.33. The third-order valence-corrected chi connectivity index (χ3v) is 2.14. The van der Waals surface area contributed by atoms with Crippen LogP contribution < -0.4 is 0 Å². The lowest BCUT2D eigenvalue weighted by atomic mass is 10.2. The molecule has 1 aromatic heterocycles. The smallest absolute Gasteiger partial charge is 0.178 e. The molecule has 0 atom stereocenters. The van der Waals surface area contributed by atoms with E-state index in [0.29, 0.717) is 17.1 Å². The quantitative estimate of drug-likeness (QED) is 0.811. The van der Waals surface area contributed by atoms with Gasteiger partial charge in [-0.05, 0) is 31.0 Å². The van der Waals surface area contributed by atoms with E-state index in [2.05, 4.69) is 32.7 Å². The van der Waals surface area contributed by atoms with Crippen LogP contribution in [-0.4, -0.2) is 22.9 Å². The molecule has 0 unspecified atom stereocenters. The van der Waals surface area contributed by atoms with Gasteiger partial charge in [-0.1, -0.05) is 0 Å². The Morgan fingerprint density at radius 1 is 1.35 bits per heavy atom. The van der Waals surface area contributed by atoms with E-state index in [9.17, 15) is 0 Å². The fourth-order valence-electron chi connectivity index (χ4n) is 1.28. The molecule has 82 valence electrons. The molecule has 0 spiro atoms. The number of aromatic amines is 1. The predicted molar refractivity (Wildman–Crippen MR) is 66.2 cm³/mol. The van der Waals surface area contributed by atoms with Crippen molar-refractivity contribution in [1.82, 2.24) is 9.97 Å². The Kier molecular flexibility index (Phi) is 3.08. The maximum atomic E-state index is 8.66. The Balaban J connectivity index is 2.20. The van der Waals surface area contributed by atoms with Gasteiger partial charge in [-0.25, -0.2) is 9.98 Å².